The maximum absolute atomic E-state index is 13.6. The number of nitrogens with two attached hydrogens (primary N) is 1. The van der Waals surface area contributed by atoms with Gasteiger partial charge in [0.2, 0.25) is 0 Å². The molecule has 0 amide bonds. The summed E-state index contributed by atoms with van der Waals surface area (Å²) < 4.78 is 20.2. The molecule has 0 bridgehead atoms. The van der Waals surface area contributed by atoms with Crippen molar-refractivity contribution in [2.24, 2.45) is 0 Å². The summed E-state index contributed by atoms with van der Waals surface area (Å²) in [6.07, 6.45) is 0. The molecule has 0 spiro atoms. The molecule has 0 aliphatic heterocycles. The molecule has 5 nitrogen and oxygen atoms in total. The van der Waals surface area contributed by atoms with Crippen LogP contribution in [-0.4, -0.2) is 29.8 Å². The number of ether oxygens (including phenoxy) is 1. The number of hydrogen-bond acceptors (Lipinski definition) is 3. The van der Waals surface area contributed by atoms with Crippen LogP contribution < -0.4 is 10.9 Å². The Balaban J connectivity index is 2.20. The van der Waals surface area contributed by atoms with E-state index in [4.69, 9.17) is 21.3 Å². The summed E-state index contributed by atoms with van der Waals surface area (Å²) >= 11 is 5.93. The van der Waals surface area contributed by atoms with Gasteiger partial charge in [-0.3, -0.25) is 9.36 Å². The largest absolute Gasteiger partial charge is 0.379 e. The number of fused-ring (bicyclic) bond motifs is 1. The molecule has 1 aromatic heterocycles. The van der Waals surface area contributed by atoms with Crippen LogP contribution in [0.1, 0.15) is 18.8 Å². The van der Waals surface area contributed by atoms with Gasteiger partial charge in [-0.15, -0.1) is 0 Å². The fraction of sp³-hybridized carbons (Fsp3) is 0.263. The average molecular weight is 377 g/mol. The van der Waals surface area contributed by atoms with E-state index in [1.54, 1.807) is 19.2 Å². The van der Waals surface area contributed by atoms with Crippen LogP contribution in [0.15, 0.2) is 47.3 Å². The van der Waals surface area contributed by atoms with Crippen LogP contribution in [0.5, 0.6) is 0 Å². The summed E-state index contributed by atoms with van der Waals surface area (Å²) in [6.45, 7) is 3.28. The van der Waals surface area contributed by atoms with Crippen molar-refractivity contribution in [2.45, 2.75) is 13.0 Å². The molecule has 0 aliphatic carbocycles. The third-order valence-corrected chi connectivity index (χ3v) is 4.50. The summed E-state index contributed by atoms with van der Waals surface area (Å²) in [6, 6.07) is 11.3. The van der Waals surface area contributed by atoms with Gasteiger partial charge >= 0.3 is 0 Å². The summed E-state index contributed by atoms with van der Waals surface area (Å²) in [4.78, 5) is 17.8. The molecule has 0 aliphatic rings. The van der Waals surface area contributed by atoms with Gasteiger partial charge in [0.15, 0.2) is 5.82 Å². The van der Waals surface area contributed by atoms with E-state index in [1.807, 2.05) is 24.4 Å². The minimum atomic E-state index is -0.529. The molecule has 3 aromatic rings. The first-order chi connectivity index (χ1) is 12.5. The highest BCUT2D eigenvalue weighted by Gasteiger charge is 2.20. The lowest BCUT2D eigenvalue weighted by Crippen LogP contribution is -2.86. The maximum Gasteiger partial charge on any atom is 0.266 e. The first kappa shape index (κ1) is 18.5. The highest BCUT2D eigenvalue weighted by atomic mass is 35.5. The van der Waals surface area contributed by atoms with Crippen LogP contribution in [0.25, 0.3) is 16.6 Å². The quantitative estimate of drug-likeness (QED) is 0.672. The smallest absolute Gasteiger partial charge is 0.266 e. The van der Waals surface area contributed by atoms with Gasteiger partial charge in [-0.25, -0.2) is 9.37 Å². The van der Waals surface area contributed by atoms with E-state index >= 15 is 0 Å². The van der Waals surface area contributed by atoms with Crippen LogP contribution >= 0.6 is 11.6 Å². The Bertz CT molecular complexity index is 990. The van der Waals surface area contributed by atoms with E-state index in [0.29, 0.717) is 29.0 Å². The molecule has 0 unspecified atom stereocenters. The number of aromatic nitrogens is 2. The second kappa shape index (κ2) is 7.95. The molecule has 2 N–H and O–H groups in total. The topological polar surface area (TPSA) is 60.7 Å². The number of quaternary nitrogens is 1. The number of methoxy groups -OCH3 is 1. The predicted molar refractivity (Wildman–Crippen MR) is 99.4 cm³/mol. The SMILES string of the molecule is COCC[NH2+][C@H](C)c1nc2ccccc2c(=O)n1-c1ccc(F)c(Cl)c1. The monoisotopic (exact) mass is 376 g/mol. The second-order valence-electron chi connectivity index (χ2n) is 6.03. The number of rotatable bonds is 6. The molecular formula is C19H20ClFN3O2+. The van der Waals surface area contributed by atoms with Crippen LogP contribution in [0.2, 0.25) is 5.02 Å². The normalized spacial score (nSPS) is 12.5. The van der Waals surface area contributed by atoms with Gasteiger partial charge in [0.25, 0.3) is 5.56 Å². The van der Waals surface area contributed by atoms with Gasteiger partial charge in [0, 0.05) is 7.11 Å². The Morgan fingerprint density at radius 1 is 1.31 bits per heavy atom. The highest BCUT2D eigenvalue weighted by Crippen LogP contribution is 2.21. The molecule has 26 heavy (non-hydrogen) atoms. The minimum Gasteiger partial charge on any atom is -0.379 e. The van der Waals surface area contributed by atoms with Gasteiger partial charge < -0.3 is 10.1 Å². The number of para-hydroxylation sites is 1. The summed E-state index contributed by atoms with van der Waals surface area (Å²) in [5.41, 5.74) is 0.908. The zero-order valence-electron chi connectivity index (χ0n) is 14.6. The zero-order valence-corrected chi connectivity index (χ0v) is 15.3. The molecule has 0 fully saturated rings. The van der Waals surface area contributed by atoms with Crippen molar-refractivity contribution in [2.75, 3.05) is 20.3 Å². The number of halogens is 2. The van der Waals surface area contributed by atoms with Crippen molar-refractivity contribution in [3.63, 3.8) is 0 Å². The molecule has 1 heterocycles. The Morgan fingerprint density at radius 2 is 2.08 bits per heavy atom. The summed E-state index contributed by atoms with van der Waals surface area (Å²) in [5, 5.41) is 2.51. The minimum absolute atomic E-state index is 0.0375. The van der Waals surface area contributed by atoms with Crippen LogP contribution in [0.3, 0.4) is 0 Å². The highest BCUT2D eigenvalue weighted by molar-refractivity contribution is 6.30. The van der Waals surface area contributed by atoms with E-state index in [1.165, 1.54) is 22.8 Å². The first-order valence-corrected chi connectivity index (χ1v) is 8.70. The lowest BCUT2D eigenvalue weighted by atomic mass is 10.2. The molecule has 2 aromatic carbocycles. The van der Waals surface area contributed by atoms with E-state index in [0.717, 1.165) is 6.54 Å². The van der Waals surface area contributed by atoms with Crippen molar-refractivity contribution < 1.29 is 14.4 Å². The molecule has 0 saturated heterocycles. The van der Waals surface area contributed by atoms with Gasteiger partial charge in [-0.05, 0) is 37.3 Å². The Labute approximate surface area is 155 Å². The maximum atomic E-state index is 13.6. The third kappa shape index (κ3) is 3.62. The predicted octanol–water partition coefficient (Wildman–Crippen LogP) is 2.45. The lowest BCUT2D eigenvalue weighted by Gasteiger charge is -2.17. The lowest BCUT2D eigenvalue weighted by molar-refractivity contribution is -0.695. The molecule has 7 heteroatoms. The van der Waals surface area contributed by atoms with E-state index in [-0.39, 0.29) is 16.6 Å². The van der Waals surface area contributed by atoms with Crippen LogP contribution in [0, 0.1) is 5.82 Å². The molecule has 136 valence electrons. The third-order valence-electron chi connectivity index (χ3n) is 4.21. The van der Waals surface area contributed by atoms with Gasteiger partial charge in [0.05, 0.1) is 34.8 Å². The summed E-state index contributed by atoms with van der Waals surface area (Å²) in [7, 11) is 1.64. The van der Waals surface area contributed by atoms with Crippen LogP contribution in [0.4, 0.5) is 4.39 Å². The number of hydrogen-bond donors (Lipinski definition) is 1. The Morgan fingerprint density at radius 3 is 2.81 bits per heavy atom. The van der Waals surface area contributed by atoms with Gasteiger partial charge in [0.1, 0.15) is 11.9 Å². The van der Waals surface area contributed by atoms with Gasteiger partial charge in [-0.2, -0.15) is 0 Å². The summed E-state index contributed by atoms with van der Waals surface area (Å²) in [5.74, 6) is 0.0472. The van der Waals surface area contributed by atoms with Crippen molar-refractivity contribution in [1.82, 2.24) is 9.55 Å². The Hall–Kier alpha value is -2.28. The van der Waals surface area contributed by atoms with Gasteiger partial charge in [-0.1, -0.05) is 23.7 Å². The number of nitrogens with zero attached hydrogens (tertiary/aromatic N) is 2. The van der Waals surface area contributed by atoms with Crippen molar-refractivity contribution in [3.05, 3.63) is 69.5 Å². The molecule has 1 atom stereocenters. The standard InChI is InChI=1S/C19H19ClFN3O2/c1-12(22-9-10-26-2)18-23-17-6-4-3-5-14(17)19(25)24(18)13-7-8-16(21)15(20)11-13/h3-8,11-12,22H,9-10H2,1-2H3/p+1/t12-/m1/s1. The van der Waals surface area contributed by atoms with E-state index in [9.17, 15) is 9.18 Å². The molecule has 0 saturated carbocycles. The number of benzene rings is 2. The van der Waals surface area contributed by atoms with Crippen molar-refractivity contribution in [1.29, 1.82) is 0 Å². The Kier molecular flexibility index (Phi) is 5.66. The van der Waals surface area contributed by atoms with Crippen molar-refractivity contribution >= 4 is 22.5 Å². The van der Waals surface area contributed by atoms with Crippen molar-refractivity contribution in [3.8, 4) is 5.69 Å². The van der Waals surface area contributed by atoms with E-state index in [2.05, 4.69) is 0 Å². The zero-order chi connectivity index (χ0) is 18.7. The second-order valence-corrected chi connectivity index (χ2v) is 6.44. The first-order valence-electron chi connectivity index (χ1n) is 8.32. The fourth-order valence-electron chi connectivity index (χ4n) is 2.87. The molecular weight excluding hydrogens is 357 g/mol. The van der Waals surface area contributed by atoms with E-state index < -0.39 is 5.82 Å². The molecule has 0 radical (unpaired) electrons. The molecule has 3 rings (SSSR count). The average Bonchev–Trinajstić information content (AvgIpc) is 2.64. The van der Waals surface area contributed by atoms with Crippen LogP contribution in [-0.2, 0) is 4.74 Å². The fourth-order valence-corrected chi connectivity index (χ4v) is 3.05.